The van der Waals surface area contributed by atoms with E-state index in [4.69, 9.17) is 10.8 Å². The molecular weight excluding hydrogens is 208 g/mol. The highest BCUT2D eigenvalue weighted by atomic mass is 16.4. The molecule has 1 amide bonds. The molecule has 1 unspecified atom stereocenters. The molecule has 0 rings (SSSR count). The van der Waals surface area contributed by atoms with Gasteiger partial charge >= 0.3 is 5.97 Å². The first-order valence-corrected chi connectivity index (χ1v) is 5.38. The second-order valence-corrected chi connectivity index (χ2v) is 4.90. The fourth-order valence-electron chi connectivity index (χ4n) is 1.41. The summed E-state index contributed by atoms with van der Waals surface area (Å²) in [5.74, 6) is -1.39. The Balaban J connectivity index is 4.94. The van der Waals surface area contributed by atoms with E-state index in [1.165, 1.54) is 25.8 Å². The number of carbonyl (C=O) groups is 2. The van der Waals surface area contributed by atoms with E-state index < -0.39 is 17.0 Å². The van der Waals surface area contributed by atoms with E-state index in [0.717, 1.165) is 6.42 Å². The standard InChI is InChI=1S/C11H22N2O3/c1-6-7-11(4,12)8(14)13(5)10(2,3)9(15)16/h6-7,12H2,1-5H3,(H,15,16). The van der Waals surface area contributed by atoms with Crippen molar-refractivity contribution in [2.45, 2.75) is 51.6 Å². The van der Waals surface area contributed by atoms with Crippen LogP contribution in [0.4, 0.5) is 0 Å². The van der Waals surface area contributed by atoms with Gasteiger partial charge in [0.2, 0.25) is 5.91 Å². The van der Waals surface area contributed by atoms with Gasteiger partial charge in [0, 0.05) is 7.05 Å². The molecule has 0 aliphatic rings. The van der Waals surface area contributed by atoms with E-state index in [-0.39, 0.29) is 5.91 Å². The van der Waals surface area contributed by atoms with Crippen LogP contribution in [0.15, 0.2) is 0 Å². The summed E-state index contributed by atoms with van der Waals surface area (Å²) < 4.78 is 0. The number of hydrogen-bond acceptors (Lipinski definition) is 3. The first-order chi connectivity index (χ1) is 7.07. The van der Waals surface area contributed by atoms with Crippen LogP contribution >= 0.6 is 0 Å². The Kier molecular flexibility index (Phi) is 4.49. The lowest BCUT2D eigenvalue weighted by molar-refractivity contribution is -0.157. The van der Waals surface area contributed by atoms with Gasteiger partial charge in [-0.3, -0.25) is 4.79 Å². The summed E-state index contributed by atoms with van der Waals surface area (Å²) in [5, 5.41) is 9.02. The van der Waals surface area contributed by atoms with Gasteiger partial charge in [-0.15, -0.1) is 0 Å². The van der Waals surface area contributed by atoms with Crippen LogP contribution in [0.25, 0.3) is 0 Å². The van der Waals surface area contributed by atoms with Crippen molar-refractivity contribution < 1.29 is 14.7 Å². The van der Waals surface area contributed by atoms with Gasteiger partial charge in [0.05, 0.1) is 5.54 Å². The Morgan fingerprint density at radius 2 is 1.75 bits per heavy atom. The third-order valence-electron chi connectivity index (χ3n) is 2.92. The van der Waals surface area contributed by atoms with Gasteiger partial charge in [0.15, 0.2) is 0 Å². The molecule has 0 aromatic heterocycles. The molecule has 5 nitrogen and oxygen atoms in total. The molecule has 0 heterocycles. The van der Waals surface area contributed by atoms with Crippen LogP contribution in [0.3, 0.4) is 0 Å². The molecule has 0 saturated heterocycles. The molecule has 1 atom stereocenters. The number of nitrogens with two attached hydrogens (primary N) is 1. The highest BCUT2D eigenvalue weighted by Crippen LogP contribution is 2.19. The summed E-state index contributed by atoms with van der Waals surface area (Å²) in [7, 11) is 1.47. The van der Waals surface area contributed by atoms with Crippen molar-refractivity contribution in [1.29, 1.82) is 0 Å². The monoisotopic (exact) mass is 230 g/mol. The summed E-state index contributed by atoms with van der Waals surface area (Å²) >= 11 is 0. The molecule has 0 aliphatic carbocycles. The van der Waals surface area contributed by atoms with Gasteiger partial charge in [0.25, 0.3) is 0 Å². The maximum atomic E-state index is 12.0. The van der Waals surface area contributed by atoms with Gasteiger partial charge in [0.1, 0.15) is 5.54 Å². The Morgan fingerprint density at radius 1 is 1.31 bits per heavy atom. The molecular formula is C11H22N2O3. The van der Waals surface area contributed by atoms with E-state index in [0.29, 0.717) is 6.42 Å². The Morgan fingerprint density at radius 3 is 2.06 bits per heavy atom. The normalized spacial score (nSPS) is 15.4. The van der Waals surface area contributed by atoms with Crippen LogP contribution in [0.1, 0.15) is 40.5 Å². The fraction of sp³-hybridized carbons (Fsp3) is 0.818. The first-order valence-electron chi connectivity index (χ1n) is 5.38. The lowest BCUT2D eigenvalue weighted by atomic mass is 9.93. The minimum atomic E-state index is -1.24. The average molecular weight is 230 g/mol. The van der Waals surface area contributed by atoms with E-state index >= 15 is 0 Å². The van der Waals surface area contributed by atoms with E-state index in [9.17, 15) is 9.59 Å². The summed E-state index contributed by atoms with van der Waals surface area (Å²) in [6, 6.07) is 0. The molecule has 94 valence electrons. The highest BCUT2D eigenvalue weighted by Gasteiger charge is 2.40. The minimum Gasteiger partial charge on any atom is -0.480 e. The van der Waals surface area contributed by atoms with Gasteiger partial charge in [-0.25, -0.2) is 4.79 Å². The summed E-state index contributed by atoms with van der Waals surface area (Å²) in [5.41, 5.74) is 3.64. The second kappa shape index (κ2) is 4.82. The van der Waals surface area contributed by atoms with Gasteiger partial charge < -0.3 is 15.7 Å². The molecule has 0 fully saturated rings. The van der Waals surface area contributed by atoms with Crippen molar-refractivity contribution in [3.8, 4) is 0 Å². The lowest BCUT2D eigenvalue weighted by Gasteiger charge is -2.37. The maximum absolute atomic E-state index is 12.0. The maximum Gasteiger partial charge on any atom is 0.329 e. The van der Waals surface area contributed by atoms with Crippen molar-refractivity contribution in [2.24, 2.45) is 5.73 Å². The average Bonchev–Trinajstić information content (AvgIpc) is 2.15. The summed E-state index contributed by atoms with van der Waals surface area (Å²) in [6.45, 7) is 6.53. The van der Waals surface area contributed by atoms with Crippen LogP contribution in [-0.2, 0) is 9.59 Å². The van der Waals surface area contributed by atoms with Gasteiger partial charge in [-0.2, -0.15) is 0 Å². The van der Waals surface area contributed by atoms with Crippen LogP contribution in [0.2, 0.25) is 0 Å². The van der Waals surface area contributed by atoms with Crippen molar-refractivity contribution in [1.82, 2.24) is 4.90 Å². The van der Waals surface area contributed by atoms with Crippen LogP contribution in [0.5, 0.6) is 0 Å². The second-order valence-electron chi connectivity index (χ2n) is 4.90. The van der Waals surface area contributed by atoms with Crippen molar-refractivity contribution in [3.05, 3.63) is 0 Å². The van der Waals surface area contributed by atoms with Crippen molar-refractivity contribution in [2.75, 3.05) is 7.05 Å². The topological polar surface area (TPSA) is 83.6 Å². The first kappa shape index (κ1) is 14.9. The van der Waals surface area contributed by atoms with Crippen molar-refractivity contribution >= 4 is 11.9 Å². The lowest BCUT2D eigenvalue weighted by Crippen LogP contribution is -2.60. The number of carboxylic acids is 1. The van der Waals surface area contributed by atoms with Crippen LogP contribution in [0, 0.1) is 0 Å². The largest absolute Gasteiger partial charge is 0.480 e. The van der Waals surface area contributed by atoms with Crippen molar-refractivity contribution in [3.63, 3.8) is 0 Å². The number of aliphatic carboxylic acids is 1. The SMILES string of the molecule is CCCC(C)(N)C(=O)N(C)C(C)(C)C(=O)O. The Hall–Kier alpha value is -1.10. The highest BCUT2D eigenvalue weighted by molar-refractivity contribution is 5.91. The number of likely N-dealkylation sites (N-methyl/N-ethyl adjacent to an activating group) is 1. The van der Waals surface area contributed by atoms with E-state index in [2.05, 4.69) is 0 Å². The summed E-state index contributed by atoms with van der Waals surface area (Å²) in [4.78, 5) is 24.3. The zero-order valence-electron chi connectivity index (χ0n) is 10.7. The number of rotatable bonds is 5. The van der Waals surface area contributed by atoms with Crippen LogP contribution in [-0.4, -0.2) is 40.0 Å². The Bertz CT molecular complexity index is 285. The van der Waals surface area contributed by atoms with Gasteiger partial charge in [-0.05, 0) is 27.2 Å². The predicted molar refractivity (Wildman–Crippen MR) is 62.0 cm³/mol. The molecule has 3 N–H and O–H groups in total. The smallest absolute Gasteiger partial charge is 0.329 e. The number of carbonyl (C=O) groups excluding carboxylic acids is 1. The van der Waals surface area contributed by atoms with Gasteiger partial charge in [-0.1, -0.05) is 13.3 Å². The molecule has 0 aromatic rings. The molecule has 0 radical (unpaired) electrons. The number of carboxylic acid groups (broad SMARTS) is 1. The zero-order valence-corrected chi connectivity index (χ0v) is 10.7. The molecule has 0 saturated carbocycles. The van der Waals surface area contributed by atoms with Crippen LogP contribution < -0.4 is 5.73 Å². The quantitative estimate of drug-likeness (QED) is 0.732. The number of amides is 1. The molecule has 0 bridgehead atoms. The summed E-state index contributed by atoms with van der Waals surface area (Å²) in [6.07, 6.45) is 1.31. The molecule has 0 aromatic carbocycles. The molecule has 0 spiro atoms. The molecule has 0 aliphatic heterocycles. The van der Waals surface area contributed by atoms with E-state index in [1.54, 1.807) is 6.92 Å². The molecule has 16 heavy (non-hydrogen) atoms. The molecule has 5 heteroatoms. The fourth-order valence-corrected chi connectivity index (χ4v) is 1.41. The zero-order chi connectivity index (χ0) is 13.1. The van der Waals surface area contributed by atoms with E-state index in [1.807, 2.05) is 6.92 Å². The minimum absolute atomic E-state index is 0.346. The third-order valence-corrected chi connectivity index (χ3v) is 2.92. The number of nitrogens with zero attached hydrogens (tertiary/aromatic N) is 1. The predicted octanol–water partition coefficient (Wildman–Crippen LogP) is 0.825. The Labute approximate surface area is 96.6 Å². The number of hydrogen-bond donors (Lipinski definition) is 2. The third kappa shape index (κ3) is 2.95.